The fourth-order valence-electron chi connectivity index (χ4n) is 4.60. The van der Waals surface area contributed by atoms with Crippen molar-refractivity contribution in [2.45, 2.75) is 45.7 Å². The summed E-state index contributed by atoms with van der Waals surface area (Å²) in [6.07, 6.45) is 4.76. The first-order valence-electron chi connectivity index (χ1n) is 11.6. The van der Waals surface area contributed by atoms with Crippen LogP contribution in [0.25, 0.3) is 0 Å². The Morgan fingerprint density at radius 1 is 0.967 bits per heavy atom. The number of fused-ring (bicyclic) bond motifs is 1. The van der Waals surface area contributed by atoms with Crippen LogP contribution < -0.4 is 5.32 Å². The van der Waals surface area contributed by atoms with Gasteiger partial charge in [-0.2, -0.15) is 0 Å². The van der Waals surface area contributed by atoms with Crippen LogP contribution in [0.4, 0.5) is 0 Å². The van der Waals surface area contributed by atoms with Crippen molar-refractivity contribution in [1.29, 1.82) is 0 Å². The van der Waals surface area contributed by atoms with Gasteiger partial charge >= 0.3 is 0 Å². The van der Waals surface area contributed by atoms with Crippen molar-refractivity contribution >= 4 is 5.91 Å². The number of rotatable bonds is 7. The molecule has 1 fully saturated rings. The Morgan fingerprint density at radius 2 is 1.70 bits per heavy atom. The van der Waals surface area contributed by atoms with Crippen LogP contribution in [0.1, 0.15) is 53.2 Å². The molecule has 1 saturated heterocycles. The number of nitrogens with one attached hydrogen (secondary N) is 1. The van der Waals surface area contributed by atoms with Crippen LogP contribution in [0.15, 0.2) is 48.5 Å². The standard InChI is InChI=1S/C26H35N3O/c1-21-11-16-28(17-12-21)15-4-14-27-26(30)24-9-7-22(8-10-24)19-29-18-13-23-5-2-3-6-25(23)20-29/h2-3,5-10,21H,4,11-20H2,1H3,(H,27,30). The highest BCUT2D eigenvalue weighted by Crippen LogP contribution is 2.20. The van der Waals surface area contributed by atoms with Gasteiger partial charge in [0.05, 0.1) is 0 Å². The van der Waals surface area contributed by atoms with Crippen LogP contribution >= 0.6 is 0 Å². The molecule has 2 aromatic carbocycles. The molecule has 0 spiro atoms. The quantitative estimate of drug-likeness (QED) is 0.705. The number of likely N-dealkylation sites (tertiary alicyclic amines) is 1. The van der Waals surface area contributed by atoms with E-state index >= 15 is 0 Å². The summed E-state index contributed by atoms with van der Waals surface area (Å²) < 4.78 is 0. The number of hydrogen-bond acceptors (Lipinski definition) is 3. The molecule has 160 valence electrons. The van der Waals surface area contributed by atoms with E-state index in [2.05, 4.69) is 58.4 Å². The summed E-state index contributed by atoms with van der Waals surface area (Å²) in [6.45, 7) is 9.63. The van der Waals surface area contributed by atoms with Crippen LogP contribution in [0.3, 0.4) is 0 Å². The highest BCUT2D eigenvalue weighted by Gasteiger charge is 2.16. The molecule has 30 heavy (non-hydrogen) atoms. The van der Waals surface area contributed by atoms with Crippen molar-refractivity contribution in [1.82, 2.24) is 15.1 Å². The third-order valence-corrected chi connectivity index (χ3v) is 6.64. The zero-order valence-corrected chi connectivity index (χ0v) is 18.3. The van der Waals surface area contributed by atoms with Crippen molar-refractivity contribution in [3.8, 4) is 0 Å². The molecule has 2 heterocycles. The van der Waals surface area contributed by atoms with Crippen molar-refractivity contribution in [2.24, 2.45) is 5.92 Å². The normalized spacial score (nSPS) is 18.2. The van der Waals surface area contributed by atoms with E-state index in [1.807, 2.05) is 12.1 Å². The fraction of sp³-hybridized carbons (Fsp3) is 0.500. The Morgan fingerprint density at radius 3 is 2.47 bits per heavy atom. The Balaban J connectivity index is 1.19. The van der Waals surface area contributed by atoms with E-state index in [4.69, 9.17) is 0 Å². The average molecular weight is 406 g/mol. The first-order chi connectivity index (χ1) is 14.7. The van der Waals surface area contributed by atoms with Gasteiger partial charge in [0.2, 0.25) is 0 Å². The number of benzene rings is 2. The van der Waals surface area contributed by atoms with Crippen molar-refractivity contribution in [2.75, 3.05) is 32.7 Å². The minimum absolute atomic E-state index is 0.0423. The van der Waals surface area contributed by atoms with Crippen LogP contribution in [-0.4, -0.2) is 48.4 Å². The van der Waals surface area contributed by atoms with Crippen LogP contribution in [-0.2, 0) is 19.5 Å². The van der Waals surface area contributed by atoms with Gasteiger partial charge in [-0.1, -0.05) is 43.3 Å². The topological polar surface area (TPSA) is 35.6 Å². The maximum Gasteiger partial charge on any atom is 0.251 e. The number of carbonyl (C=O) groups excluding carboxylic acids is 1. The Bertz CT molecular complexity index is 824. The molecule has 4 rings (SSSR count). The van der Waals surface area contributed by atoms with E-state index in [-0.39, 0.29) is 5.91 Å². The Hall–Kier alpha value is -2.17. The molecule has 0 radical (unpaired) electrons. The zero-order chi connectivity index (χ0) is 20.8. The third-order valence-electron chi connectivity index (χ3n) is 6.64. The number of piperidine rings is 1. The predicted molar refractivity (Wildman–Crippen MR) is 122 cm³/mol. The molecule has 0 bridgehead atoms. The zero-order valence-electron chi connectivity index (χ0n) is 18.3. The summed E-state index contributed by atoms with van der Waals surface area (Å²) in [7, 11) is 0. The van der Waals surface area contributed by atoms with Gasteiger partial charge in [-0.15, -0.1) is 0 Å². The second-order valence-corrected chi connectivity index (χ2v) is 9.06. The first kappa shape index (κ1) is 21.1. The SMILES string of the molecule is CC1CCN(CCCNC(=O)c2ccc(CN3CCc4ccccc4C3)cc2)CC1. The lowest BCUT2D eigenvalue weighted by Crippen LogP contribution is -2.35. The number of carbonyl (C=O) groups is 1. The molecule has 2 aromatic rings. The van der Waals surface area contributed by atoms with Crippen LogP contribution in [0, 0.1) is 5.92 Å². The van der Waals surface area contributed by atoms with Crippen molar-refractivity contribution < 1.29 is 4.79 Å². The molecule has 0 atom stereocenters. The van der Waals surface area contributed by atoms with Crippen molar-refractivity contribution in [3.63, 3.8) is 0 Å². The molecular formula is C26H35N3O. The van der Waals surface area contributed by atoms with Crippen LogP contribution in [0.2, 0.25) is 0 Å². The minimum Gasteiger partial charge on any atom is -0.352 e. The lowest BCUT2D eigenvalue weighted by atomic mass is 9.99. The molecule has 0 aliphatic carbocycles. The van der Waals surface area contributed by atoms with E-state index in [9.17, 15) is 4.79 Å². The van der Waals surface area contributed by atoms with Gasteiger partial charge in [-0.25, -0.2) is 0 Å². The molecule has 4 heteroatoms. The molecule has 1 amide bonds. The summed E-state index contributed by atoms with van der Waals surface area (Å²) in [5, 5.41) is 3.08. The molecular weight excluding hydrogens is 370 g/mol. The number of nitrogens with zero attached hydrogens (tertiary/aromatic N) is 2. The molecule has 0 saturated carbocycles. The lowest BCUT2D eigenvalue weighted by Gasteiger charge is -2.30. The number of amides is 1. The van der Waals surface area contributed by atoms with Crippen molar-refractivity contribution in [3.05, 3.63) is 70.8 Å². The molecule has 1 N–H and O–H groups in total. The molecule has 2 aliphatic heterocycles. The lowest BCUT2D eigenvalue weighted by molar-refractivity contribution is 0.0950. The summed E-state index contributed by atoms with van der Waals surface area (Å²) in [6, 6.07) is 16.9. The average Bonchev–Trinajstić information content (AvgIpc) is 2.78. The Kier molecular flexibility index (Phi) is 7.19. The summed E-state index contributed by atoms with van der Waals surface area (Å²) in [5.74, 6) is 0.912. The minimum atomic E-state index is 0.0423. The van der Waals surface area contributed by atoms with E-state index in [1.54, 1.807) is 0 Å². The predicted octanol–water partition coefficient (Wildman–Crippen LogP) is 4.10. The first-order valence-corrected chi connectivity index (χ1v) is 11.6. The van der Waals surface area contributed by atoms with E-state index in [0.717, 1.165) is 57.0 Å². The van der Waals surface area contributed by atoms with Gasteiger partial charge < -0.3 is 10.2 Å². The maximum atomic E-state index is 12.4. The Labute approximate surface area is 181 Å². The van der Waals surface area contributed by atoms with E-state index in [0.29, 0.717) is 0 Å². The molecule has 2 aliphatic rings. The molecule has 0 aromatic heterocycles. The monoisotopic (exact) mass is 405 g/mol. The van der Waals surface area contributed by atoms with E-state index in [1.165, 1.54) is 42.6 Å². The molecule has 4 nitrogen and oxygen atoms in total. The maximum absolute atomic E-state index is 12.4. The highest BCUT2D eigenvalue weighted by molar-refractivity contribution is 5.94. The highest BCUT2D eigenvalue weighted by atomic mass is 16.1. The summed E-state index contributed by atoms with van der Waals surface area (Å²) >= 11 is 0. The van der Waals surface area contributed by atoms with E-state index < -0.39 is 0 Å². The van der Waals surface area contributed by atoms with Gasteiger partial charge in [0.25, 0.3) is 5.91 Å². The smallest absolute Gasteiger partial charge is 0.251 e. The largest absolute Gasteiger partial charge is 0.352 e. The van der Waals surface area contributed by atoms with Gasteiger partial charge in [-0.3, -0.25) is 9.69 Å². The van der Waals surface area contributed by atoms with Gasteiger partial charge in [0, 0.05) is 31.7 Å². The second kappa shape index (κ2) is 10.2. The number of hydrogen-bond donors (Lipinski definition) is 1. The summed E-state index contributed by atoms with van der Waals surface area (Å²) in [4.78, 5) is 17.5. The van der Waals surface area contributed by atoms with Gasteiger partial charge in [0.1, 0.15) is 0 Å². The van der Waals surface area contributed by atoms with Crippen LogP contribution in [0.5, 0.6) is 0 Å². The van der Waals surface area contributed by atoms with Gasteiger partial charge in [-0.05, 0) is 80.1 Å². The van der Waals surface area contributed by atoms with Gasteiger partial charge in [0.15, 0.2) is 0 Å². The summed E-state index contributed by atoms with van der Waals surface area (Å²) in [5.41, 5.74) is 4.95. The fourth-order valence-corrected chi connectivity index (χ4v) is 4.60. The third kappa shape index (κ3) is 5.71. The molecule has 0 unspecified atom stereocenters. The second-order valence-electron chi connectivity index (χ2n) is 9.06.